The van der Waals surface area contributed by atoms with E-state index in [0.29, 0.717) is 6.61 Å². The molecule has 0 bridgehead atoms. The molecule has 0 fully saturated rings. The van der Waals surface area contributed by atoms with Crippen molar-refractivity contribution >= 4 is 20.2 Å². The van der Waals surface area contributed by atoms with Gasteiger partial charge in [0.05, 0.1) is 0 Å². The first-order valence-electron chi connectivity index (χ1n) is 2.86. The summed E-state index contributed by atoms with van der Waals surface area (Å²) in [5.41, 5.74) is 0. The number of hydrogen-bond donors (Lipinski definition) is 1. The second kappa shape index (κ2) is 19.7. The van der Waals surface area contributed by atoms with Crippen LogP contribution in [0.4, 0.5) is 0 Å². The first-order chi connectivity index (χ1) is 5.06. The molecule has 0 aromatic heterocycles. The third-order valence-electron chi connectivity index (χ3n) is 0.623. The first kappa shape index (κ1) is 24.4. The molecule has 0 aromatic carbocycles. The van der Waals surface area contributed by atoms with Crippen LogP contribution in [0, 0.1) is 0 Å². The molecule has 0 aliphatic heterocycles. The minimum absolute atomic E-state index is 0. The van der Waals surface area contributed by atoms with Gasteiger partial charge in [0.1, 0.15) is 0 Å². The third-order valence-corrected chi connectivity index (χ3v) is 1.51. The van der Waals surface area contributed by atoms with Gasteiger partial charge in [-0.05, 0) is 6.42 Å². The molecule has 0 rings (SSSR count). The van der Waals surface area contributed by atoms with E-state index in [2.05, 4.69) is 6.92 Å². The van der Waals surface area contributed by atoms with Crippen molar-refractivity contribution in [2.24, 2.45) is 0 Å². The summed E-state index contributed by atoms with van der Waals surface area (Å²) in [7, 11) is -5.90. The molecule has 13 heavy (non-hydrogen) atoms. The summed E-state index contributed by atoms with van der Waals surface area (Å²) >= 11 is 0. The maximum Gasteiger partial charge on any atom is 1.00 e. The second-order valence-corrected chi connectivity index (χ2v) is 3.93. The summed E-state index contributed by atoms with van der Waals surface area (Å²) in [4.78, 5) is 0. The van der Waals surface area contributed by atoms with Crippen molar-refractivity contribution in [1.82, 2.24) is 0 Å². The van der Waals surface area contributed by atoms with Crippen LogP contribution in [0.25, 0.3) is 0 Å². The van der Waals surface area contributed by atoms with Gasteiger partial charge in [-0.25, -0.2) is 0 Å². The van der Waals surface area contributed by atoms with Gasteiger partial charge in [0.2, 0.25) is 0 Å². The number of rotatable bonds is 3. The molecule has 0 aromatic rings. The molecule has 70 valence electrons. The smallest absolute Gasteiger partial charge is 0.763 e. The van der Waals surface area contributed by atoms with E-state index in [9.17, 15) is 0 Å². The Morgan fingerprint density at radius 1 is 1.15 bits per heavy atom. The van der Waals surface area contributed by atoms with E-state index < -0.39 is 20.2 Å². The summed E-state index contributed by atoms with van der Waals surface area (Å²) in [6.07, 6.45) is 2.04. The average Bonchev–Trinajstić information content (AvgIpc) is 1.90. The van der Waals surface area contributed by atoms with Gasteiger partial charge < -0.3 is 14.2 Å². The minimum atomic E-state index is -2.95. The molecule has 0 spiro atoms. The number of aliphatic hydroxyl groups excluding tert-OH is 1. The number of unbranched alkanes of at least 4 members (excludes halogenated alkanes) is 1. The van der Waals surface area contributed by atoms with E-state index in [-0.39, 0.29) is 59.1 Å². The van der Waals surface area contributed by atoms with Crippen LogP contribution in [0.3, 0.4) is 0 Å². The molecule has 0 aliphatic rings. The van der Waals surface area contributed by atoms with Gasteiger partial charge in [0, 0.05) is 26.8 Å². The molecule has 2 unspecified atom stereocenters. The molecule has 0 radical (unpaired) electrons. The van der Waals surface area contributed by atoms with Crippen LogP contribution in [-0.4, -0.2) is 29.2 Å². The van der Waals surface area contributed by atoms with Crippen molar-refractivity contribution in [3.05, 3.63) is 0 Å². The topological polar surface area (TPSA) is 100 Å². The third kappa shape index (κ3) is 31.4. The van der Waals surface area contributed by atoms with Crippen molar-refractivity contribution < 1.29 is 81.7 Å². The Bertz CT molecular complexity index is 120. The van der Waals surface area contributed by atoms with E-state index in [1.807, 2.05) is 0 Å². The standard InChI is InChI=1S/C4H10O.2Na.H2O4S2/c1-2-3-4-5;;;1-5(2)6(3)4/h5H,2-4H2,1H3;;;(H,1,2)(H,3,4)/q;2*+1;/p-2. The van der Waals surface area contributed by atoms with Crippen LogP contribution in [0.5, 0.6) is 0 Å². The predicted octanol–water partition coefficient (Wildman–Crippen LogP) is -6.55. The van der Waals surface area contributed by atoms with Crippen LogP contribution in [0.2, 0.25) is 0 Å². The second-order valence-electron chi connectivity index (χ2n) is 1.49. The van der Waals surface area contributed by atoms with Crippen molar-refractivity contribution in [3.63, 3.8) is 0 Å². The zero-order valence-electron chi connectivity index (χ0n) is 8.02. The zero-order valence-corrected chi connectivity index (χ0v) is 13.7. The molecule has 0 amide bonds. The number of aliphatic hydroxyl groups is 1. The molecule has 0 saturated carbocycles. The normalized spacial score (nSPS) is 12.3. The summed E-state index contributed by atoms with van der Waals surface area (Å²) in [6.45, 7) is 2.40. The number of hydrogen-bond acceptors (Lipinski definition) is 5. The largest absolute Gasteiger partial charge is 1.00 e. The molecule has 1 N–H and O–H groups in total. The van der Waals surface area contributed by atoms with Crippen LogP contribution in [-0.2, 0) is 20.2 Å². The SMILES string of the molecule is CCCCO.O=S([O-])S(=O)[O-].[Na+].[Na+]. The van der Waals surface area contributed by atoms with Crippen molar-refractivity contribution in [2.75, 3.05) is 6.61 Å². The molecule has 0 saturated heterocycles. The van der Waals surface area contributed by atoms with Gasteiger partial charge in [-0.1, -0.05) is 13.3 Å². The zero-order chi connectivity index (χ0) is 9.28. The summed E-state index contributed by atoms with van der Waals surface area (Å²) < 4.78 is 36.3. The Kier molecular flexibility index (Phi) is 37.0. The van der Waals surface area contributed by atoms with E-state index in [4.69, 9.17) is 22.6 Å². The fraction of sp³-hybridized carbons (Fsp3) is 1.00. The van der Waals surface area contributed by atoms with E-state index in [0.717, 1.165) is 12.8 Å². The van der Waals surface area contributed by atoms with Crippen molar-refractivity contribution in [1.29, 1.82) is 0 Å². The van der Waals surface area contributed by atoms with E-state index in [1.54, 1.807) is 0 Å². The quantitative estimate of drug-likeness (QED) is 0.304. The van der Waals surface area contributed by atoms with Gasteiger partial charge in [-0.15, -0.1) is 0 Å². The van der Waals surface area contributed by atoms with Gasteiger partial charge >= 0.3 is 59.1 Å². The van der Waals surface area contributed by atoms with Crippen LogP contribution in [0.1, 0.15) is 19.8 Å². The van der Waals surface area contributed by atoms with Gasteiger partial charge in [0.15, 0.2) is 0 Å². The van der Waals surface area contributed by atoms with Crippen LogP contribution >= 0.6 is 0 Å². The maximum absolute atomic E-state index is 9.09. The fourth-order valence-electron chi connectivity index (χ4n) is 0.158. The molecular formula is C4H10Na2O5S2. The first-order valence-corrected chi connectivity index (χ1v) is 5.52. The molecule has 9 heteroatoms. The van der Waals surface area contributed by atoms with E-state index in [1.165, 1.54) is 0 Å². The van der Waals surface area contributed by atoms with Gasteiger partial charge in [-0.3, -0.25) is 8.42 Å². The summed E-state index contributed by atoms with van der Waals surface area (Å²) in [5.74, 6) is 0. The minimum Gasteiger partial charge on any atom is -0.763 e. The molecular weight excluding hydrogens is 238 g/mol. The maximum atomic E-state index is 9.09. The van der Waals surface area contributed by atoms with Gasteiger partial charge in [-0.2, -0.15) is 0 Å². The molecule has 0 aliphatic carbocycles. The summed E-state index contributed by atoms with van der Waals surface area (Å²) in [6, 6.07) is 0. The van der Waals surface area contributed by atoms with Crippen LogP contribution in [0.15, 0.2) is 0 Å². The Morgan fingerprint density at radius 3 is 1.46 bits per heavy atom. The fourth-order valence-corrected chi connectivity index (χ4v) is 0.158. The average molecular weight is 248 g/mol. The van der Waals surface area contributed by atoms with Crippen molar-refractivity contribution in [2.45, 2.75) is 19.8 Å². The van der Waals surface area contributed by atoms with Gasteiger partial charge in [0.25, 0.3) is 0 Å². The monoisotopic (exact) mass is 248 g/mol. The Morgan fingerprint density at radius 2 is 1.46 bits per heavy atom. The summed E-state index contributed by atoms with van der Waals surface area (Å²) in [5, 5.41) is 8.07. The molecule has 5 nitrogen and oxygen atoms in total. The Balaban J connectivity index is -0.0000000546. The molecule has 0 heterocycles. The Hall–Kier alpha value is 2.18. The van der Waals surface area contributed by atoms with E-state index >= 15 is 0 Å². The van der Waals surface area contributed by atoms with Crippen molar-refractivity contribution in [3.8, 4) is 0 Å². The van der Waals surface area contributed by atoms with Crippen LogP contribution < -0.4 is 59.1 Å². The Labute approximate surface area is 127 Å². The predicted molar refractivity (Wildman–Crippen MR) is 39.8 cm³/mol. The molecule has 2 atom stereocenters.